The zero-order chi connectivity index (χ0) is 19.1. The van der Waals surface area contributed by atoms with Crippen LogP contribution in [-0.2, 0) is 7.05 Å². The molecule has 1 aromatic carbocycles. The lowest BCUT2D eigenvalue weighted by atomic mass is 8.84. The number of hydrogen-bond donors (Lipinski definition) is 0. The molecule has 26 heavy (non-hydrogen) atoms. The maximum atomic E-state index is 6.09. The zero-order valence-corrected chi connectivity index (χ0v) is 15.4. The zero-order valence-electron chi connectivity index (χ0n) is 15.4. The van der Waals surface area contributed by atoms with Crippen LogP contribution in [0.4, 0.5) is 0 Å². The Hall–Kier alpha value is -0.981. The van der Waals surface area contributed by atoms with Crippen LogP contribution in [0.5, 0.6) is 0 Å². The van der Waals surface area contributed by atoms with Crippen molar-refractivity contribution >= 4 is 77.6 Å². The van der Waals surface area contributed by atoms with Crippen LogP contribution in [0.3, 0.4) is 0 Å². The molecule has 3 rings (SSSR count). The second-order valence-corrected chi connectivity index (χ2v) is 7.45. The molecule has 11 heteroatoms. The minimum absolute atomic E-state index is 0.102. The molecule has 1 saturated heterocycles. The molecule has 1 aliphatic rings. The maximum Gasteiger partial charge on any atom is 0.221 e. The first-order chi connectivity index (χ1) is 12.3. The Bertz CT molecular complexity index is 760. The Kier molecular flexibility index (Phi) is 5.75. The second kappa shape index (κ2) is 7.56. The molecule has 0 aliphatic carbocycles. The van der Waals surface area contributed by atoms with Crippen molar-refractivity contribution in [1.29, 1.82) is 0 Å². The highest BCUT2D eigenvalue weighted by atomic mass is 14.9. The van der Waals surface area contributed by atoms with Gasteiger partial charge in [0, 0.05) is 71.0 Å². The molecule has 0 spiro atoms. The van der Waals surface area contributed by atoms with Crippen molar-refractivity contribution in [2.75, 3.05) is 0 Å². The minimum atomic E-state index is -0.806. The fourth-order valence-electron chi connectivity index (χ4n) is 4.41. The quantitative estimate of drug-likeness (QED) is 0.460. The van der Waals surface area contributed by atoms with E-state index < -0.39 is 18.1 Å². The van der Waals surface area contributed by atoms with Gasteiger partial charge in [0.2, 0.25) is 6.60 Å². The molecule has 2 aromatic rings. The van der Waals surface area contributed by atoms with E-state index >= 15 is 0 Å². The second-order valence-electron chi connectivity index (χ2n) is 7.45. The SMILES string of the molecule is [B][B]C(B([B])[B])(B([B])[B])C1B(C)B1c1cc(-c2ccccc2)cc[n+]1C. The van der Waals surface area contributed by atoms with Crippen molar-refractivity contribution in [3.05, 3.63) is 48.7 Å². The van der Waals surface area contributed by atoms with Crippen LogP contribution in [0.25, 0.3) is 11.1 Å². The third kappa shape index (κ3) is 3.20. The Morgan fingerprint density at radius 3 is 2.19 bits per heavy atom. The summed E-state index contributed by atoms with van der Waals surface area (Å²) in [6, 6.07) is 14.7. The highest BCUT2D eigenvalue weighted by Crippen LogP contribution is 2.54. The van der Waals surface area contributed by atoms with E-state index in [0.29, 0.717) is 6.60 Å². The van der Waals surface area contributed by atoms with Gasteiger partial charge in [0.05, 0.1) is 0 Å². The molecule has 11 radical (unpaired) electrons. The fraction of sp³-hybridized carbons (Fsp3) is 0.267. The van der Waals surface area contributed by atoms with Crippen molar-refractivity contribution < 1.29 is 4.57 Å². The van der Waals surface area contributed by atoms with Gasteiger partial charge in [-0.3, -0.25) is 0 Å². The monoisotopic (exact) mass is 319 g/mol. The van der Waals surface area contributed by atoms with Gasteiger partial charge in [-0.25, -0.2) is 4.57 Å². The average molecular weight is 317 g/mol. The van der Waals surface area contributed by atoms with Gasteiger partial charge in [-0.1, -0.05) is 37.2 Å². The highest BCUT2D eigenvalue weighted by Gasteiger charge is 2.65. The van der Waals surface area contributed by atoms with Gasteiger partial charge in [-0.15, -0.1) is 10.8 Å². The summed E-state index contributed by atoms with van der Waals surface area (Å²) < 4.78 is 2.14. The summed E-state index contributed by atoms with van der Waals surface area (Å²) in [6.45, 7) is 1.32. The topological polar surface area (TPSA) is 3.88 Å². The molecule has 1 aliphatic heterocycles. The molecule has 0 amide bonds. The van der Waals surface area contributed by atoms with Gasteiger partial charge in [-0.05, 0) is 11.1 Å². The summed E-state index contributed by atoms with van der Waals surface area (Å²) in [6.07, 6.45) is 2.08. The fourth-order valence-corrected chi connectivity index (χ4v) is 4.41. The molecule has 0 N–H and O–H groups in total. The third-order valence-electron chi connectivity index (χ3n) is 6.04. The van der Waals surface area contributed by atoms with E-state index in [1.165, 1.54) is 23.9 Å². The van der Waals surface area contributed by atoms with Gasteiger partial charge in [0.15, 0.2) is 6.20 Å². The van der Waals surface area contributed by atoms with Crippen molar-refractivity contribution in [2.45, 2.75) is 17.7 Å². The van der Waals surface area contributed by atoms with Gasteiger partial charge in [0.25, 0.3) is 0 Å². The van der Waals surface area contributed by atoms with Crippen molar-refractivity contribution in [2.24, 2.45) is 7.05 Å². The van der Waals surface area contributed by atoms with Crippen LogP contribution >= 0.6 is 0 Å². The van der Waals surface area contributed by atoms with E-state index in [1.54, 1.807) is 0 Å². The summed E-state index contributed by atoms with van der Waals surface area (Å²) in [5, 5.41) is -0.806. The van der Waals surface area contributed by atoms with E-state index in [-0.39, 0.29) is 12.3 Å². The number of hydrogen-bond acceptors (Lipinski definition) is 0. The van der Waals surface area contributed by atoms with Gasteiger partial charge in [0.1, 0.15) is 19.2 Å². The Morgan fingerprint density at radius 1 is 1.04 bits per heavy atom. The number of benzene rings is 1. The summed E-state index contributed by atoms with van der Waals surface area (Å²) in [4.78, 5) is 0. The lowest BCUT2D eigenvalue weighted by Crippen LogP contribution is -2.55. The Labute approximate surface area is 166 Å². The van der Waals surface area contributed by atoms with Gasteiger partial charge < -0.3 is 0 Å². The van der Waals surface area contributed by atoms with Crippen LogP contribution in [0, 0.1) is 0 Å². The van der Waals surface area contributed by atoms with Crippen LogP contribution in [-0.4, -0.2) is 72.1 Å². The van der Waals surface area contributed by atoms with Crippen LogP contribution in [0.1, 0.15) is 0 Å². The molecule has 0 saturated carbocycles. The Morgan fingerprint density at radius 2 is 1.65 bits per heavy atom. The molecule has 1 unspecified atom stereocenters. The van der Waals surface area contributed by atoms with Crippen LogP contribution in [0.2, 0.25) is 17.7 Å². The van der Waals surface area contributed by atoms with Crippen molar-refractivity contribution in [3.8, 4) is 11.1 Å². The molecule has 109 valence electrons. The summed E-state index contributed by atoms with van der Waals surface area (Å²) in [7, 11) is 33.9. The Balaban J connectivity index is 2.00. The summed E-state index contributed by atoms with van der Waals surface area (Å²) in [5.41, 5.74) is 3.66. The average Bonchev–Trinajstić information content (AvgIpc) is 3.27. The van der Waals surface area contributed by atoms with E-state index in [1.807, 2.05) is 25.2 Å². The van der Waals surface area contributed by atoms with E-state index in [4.69, 9.17) is 38.7 Å². The first-order valence-electron chi connectivity index (χ1n) is 8.98. The number of aryl methyl sites for hydroxylation is 1. The van der Waals surface area contributed by atoms with Gasteiger partial charge >= 0.3 is 0 Å². The minimum Gasteiger partial charge on any atom is -0.215 e. The molecule has 1 nitrogen and oxygen atoms in total. The largest absolute Gasteiger partial charge is 0.221 e. The normalized spacial score (nSPS) is 16.3. The lowest BCUT2D eigenvalue weighted by Gasteiger charge is -2.43. The standard InChI is InChI=1S/C15H15B10N/c1-22-14(15(21-16,24(17)18)25(19)20)23(22)13-10-12(8-9-26(13)2)11-6-4-3-5-7-11/h3-10,14H,1-2H3/q+1. The predicted molar refractivity (Wildman–Crippen MR) is 123 cm³/mol. The van der Waals surface area contributed by atoms with Crippen molar-refractivity contribution in [3.63, 3.8) is 0 Å². The van der Waals surface area contributed by atoms with Crippen LogP contribution < -0.4 is 10.2 Å². The number of aromatic nitrogens is 1. The molecular weight excluding hydrogens is 302 g/mol. The number of nitrogens with zero attached hydrogens (tertiary/aromatic N) is 1. The summed E-state index contributed by atoms with van der Waals surface area (Å²) >= 11 is 0. The maximum absolute atomic E-state index is 6.09. The number of rotatable bonds is 6. The van der Waals surface area contributed by atoms with Gasteiger partial charge in [-0.2, -0.15) is 0 Å². The number of pyridine rings is 1. The van der Waals surface area contributed by atoms with E-state index in [2.05, 4.69) is 41.9 Å². The molecule has 2 heterocycles. The van der Waals surface area contributed by atoms with E-state index in [0.717, 1.165) is 0 Å². The molecular formula is C15H15B10N+. The van der Waals surface area contributed by atoms with Crippen LogP contribution in [0.15, 0.2) is 48.7 Å². The molecule has 0 bridgehead atoms. The summed E-state index contributed by atoms with van der Waals surface area (Å²) in [5.74, 6) is 0. The lowest BCUT2D eigenvalue weighted by molar-refractivity contribution is -0.653. The van der Waals surface area contributed by atoms with Crippen molar-refractivity contribution in [1.82, 2.24) is 0 Å². The smallest absolute Gasteiger partial charge is 0.215 e. The molecule has 1 fully saturated rings. The first kappa shape index (κ1) is 19.8. The molecule has 1 atom stereocenters. The van der Waals surface area contributed by atoms with E-state index in [9.17, 15) is 0 Å². The highest BCUT2D eigenvalue weighted by molar-refractivity contribution is 7.54. The molecule has 1 aromatic heterocycles. The first-order valence-corrected chi connectivity index (χ1v) is 8.98. The third-order valence-corrected chi connectivity index (χ3v) is 6.04. The predicted octanol–water partition coefficient (Wildman–Crippen LogP) is -1.32.